The van der Waals surface area contributed by atoms with Gasteiger partial charge in [-0.15, -0.1) is 29.9 Å². The minimum atomic E-state index is -0.245. The molecular formula is C20H25Cl3N6O. The number of aromatic nitrogens is 3. The molecule has 1 fully saturated rings. The Balaban J connectivity index is 0.00000160. The Morgan fingerprint density at radius 1 is 1.20 bits per heavy atom. The van der Waals surface area contributed by atoms with E-state index in [-0.39, 0.29) is 36.8 Å². The maximum atomic E-state index is 12.7. The fourth-order valence-corrected chi connectivity index (χ4v) is 3.83. The van der Waals surface area contributed by atoms with Crippen LogP contribution in [0.4, 0.5) is 5.82 Å². The first kappa shape index (κ1) is 24.2. The van der Waals surface area contributed by atoms with E-state index in [0.717, 1.165) is 48.2 Å². The number of anilines is 1. The second kappa shape index (κ2) is 10.8. The van der Waals surface area contributed by atoms with Gasteiger partial charge in [0.25, 0.3) is 0 Å². The van der Waals surface area contributed by atoms with Crippen LogP contribution in [0, 0.1) is 0 Å². The van der Waals surface area contributed by atoms with Crippen molar-refractivity contribution in [3.63, 3.8) is 0 Å². The van der Waals surface area contributed by atoms with Gasteiger partial charge in [0, 0.05) is 36.2 Å². The molecule has 30 heavy (non-hydrogen) atoms. The number of nitrogens with zero attached hydrogens (tertiary/aromatic N) is 4. The van der Waals surface area contributed by atoms with Crippen LogP contribution in [0.2, 0.25) is 5.02 Å². The topological polar surface area (TPSA) is 89.1 Å². The van der Waals surface area contributed by atoms with Gasteiger partial charge in [0.2, 0.25) is 5.91 Å². The maximum Gasteiger partial charge on any atom is 0.242 e. The average Bonchev–Trinajstić information content (AvgIpc) is 3.12. The number of benzene rings is 1. The zero-order chi connectivity index (χ0) is 19.5. The van der Waals surface area contributed by atoms with E-state index < -0.39 is 0 Å². The van der Waals surface area contributed by atoms with E-state index in [9.17, 15) is 4.79 Å². The Kier molecular flexibility index (Phi) is 8.73. The van der Waals surface area contributed by atoms with Crippen molar-refractivity contribution in [3.05, 3.63) is 47.7 Å². The van der Waals surface area contributed by atoms with Gasteiger partial charge in [0.1, 0.15) is 6.04 Å². The number of carbonyl (C=O) groups is 1. The lowest BCUT2D eigenvalue weighted by molar-refractivity contribution is -0.122. The summed E-state index contributed by atoms with van der Waals surface area (Å²) in [5, 5.41) is 9.46. The Morgan fingerprint density at radius 2 is 1.97 bits per heavy atom. The van der Waals surface area contributed by atoms with Crippen LogP contribution >= 0.6 is 36.4 Å². The molecule has 1 aliphatic heterocycles. The molecule has 1 aliphatic rings. The van der Waals surface area contributed by atoms with Crippen molar-refractivity contribution in [2.45, 2.75) is 25.3 Å². The number of nitrogens with two attached hydrogens (primary N) is 1. The zero-order valence-corrected chi connectivity index (χ0v) is 18.7. The predicted octanol–water partition coefficient (Wildman–Crippen LogP) is 3.35. The summed E-state index contributed by atoms with van der Waals surface area (Å²) in [6.45, 7) is 1.70. The van der Waals surface area contributed by atoms with E-state index >= 15 is 0 Å². The molecule has 0 spiro atoms. The molecule has 1 amide bonds. The average molecular weight is 472 g/mol. The fourth-order valence-electron chi connectivity index (χ4n) is 3.71. The van der Waals surface area contributed by atoms with Crippen LogP contribution < -0.4 is 16.0 Å². The van der Waals surface area contributed by atoms with Gasteiger partial charge in [-0.25, -0.2) is 4.68 Å². The highest BCUT2D eigenvalue weighted by atomic mass is 35.5. The number of fused-ring (bicyclic) bond motifs is 1. The molecule has 2 aromatic heterocycles. The number of nitrogens with one attached hydrogen (secondary N) is 1. The molecule has 4 rings (SSSR count). The van der Waals surface area contributed by atoms with Gasteiger partial charge in [0.15, 0.2) is 5.82 Å². The van der Waals surface area contributed by atoms with Crippen molar-refractivity contribution in [2.24, 2.45) is 5.73 Å². The molecule has 3 heterocycles. The van der Waals surface area contributed by atoms with Gasteiger partial charge in [-0.05, 0) is 49.6 Å². The van der Waals surface area contributed by atoms with E-state index in [4.69, 9.17) is 22.4 Å². The minimum Gasteiger partial charge on any atom is -0.353 e. The summed E-state index contributed by atoms with van der Waals surface area (Å²) in [6.07, 6.45) is 6.41. The van der Waals surface area contributed by atoms with Crippen molar-refractivity contribution >= 4 is 59.0 Å². The molecule has 0 bridgehead atoms. The van der Waals surface area contributed by atoms with Crippen LogP contribution in [0.3, 0.4) is 0 Å². The van der Waals surface area contributed by atoms with Gasteiger partial charge in [0.05, 0.1) is 17.4 Å². The molecule has 1 unspecified atom stereocenters. The Hall–Kier alpha value is -2.06. The fraction of sp³-hybridized carbons (Fsp3) is 0.350. The second-order valence-corrected chi connectivity index (χ2v) is 7.33. The van der Waals surface area contributed by atoms with E-state index in [1.165, 1.54) is 0 Å². The van der Waals surface area contributed by atoms with Gasteiger partial charge in [-0.1, -0.05) is 11.6 Å². The molecule has 0 aliphatic carbocycles. The van der Waals surface area contributed by atoms with Gasteiger partial charge >= 0.3 is 0 Å². The van der Waals surface area contributed by atoms with Crippen LogP contribution in [0.15, 0.2) is 42.7 Å². The predicted molar refractivity (Wildman–Crippen MR) is 125 cm³/mol. The van der Waals surface area contributed by atoms with E-state index in [1.54, 1.807) is 12.4 Å². The molecule has 10 heteroatoms. The first-order valence-electron chi connectivity index (χ1n) is 9.52. The second-order valence-electron chi connectivity index (χ2n) is 6.89. The number of piperidine rings is 1. The number of rotatable bonds is 5. The third kappa shape index (κ3) is 4.81. The summed E-state index contributed by atoms with van der Waals surface area (Å²) in [5.41, 5.74) is 7.34. The monoisotopic (exact) mass is 470 g/mol. The summed E-state index contributed by atoms with van der Waals surface area (Å²) >= 11 is 6.04. The Labute approximate surface area is 192 Å². The SMILES string of the molecule is Cl.Cl.NCCNC(=O)C1CCCCN1c1nn(-c2ccc(Cl)cc2)c2cnccc12. The highest BCUT2D eigenvalue weighted by molar-refractivity contribution is 6.30. The number of hydrogen-bond donors (Lipinski definition) is 2. The molecule has 1 atom stereocenters. The molecule has 1 aromatic carbocycles. The number of pyridine rings is 1. The smallest absolute Gasteiger partial charge is 0.242 e. The number of amides is 1. The van der Waals surface area contributed by atoms with Crippen molar-refractivity contribution in [2.75, 3.05) is 24.5 Å². The van der Waals surface area contributed by atoms with E-state index in [2.05, 4.69) is 15.2 Å². The summed E-state index contributed by atoms with van der Waals surface area (Å²) in [4.78, 5) is 19.1. The van der Waals surface area contributed by atoms with Crippen LogP contribution in [0.25, 0.3) is 16.6 Å². The molecule has 3 aromatic rings. The zero-order valence-electron chi connectivity index (χ0n) is 16.3. The highest BCUT2D eigenvalue weighted by Gasteiger charge is 2.31. The third-order valence-corrected chi connectivity index (χ3v) is 5.31. The lowest BCUT2D eigenvalue weighted by Gasteiger charge is -2.35. The third-order valence-electron chi connectivity index (χ3n) is 5.06. The normalized spacial score (nSPS) is 15.9. The van der Waals surface area contributed by atoms with E-state index in [1.807, 2.05) is 35.0 Å². The minimum absolute atomic E-state index is 0. The molecule has 162 valence electrons. The van der Waals surface area contributed by atoms with Gasteiger partial charge in [-0.2, -0.15) is 0 Å². The van der Waals surface area contributed by atoms with Crippen molar-refractivity contribution in [3.8, 4) is 5.69 Å². The van der Waals surface area contributed by atoms with Gasteiger partial charge < -0.3 is 16.0 Å². The van der Waals surface area contributed by atoms with Crippen molar-refractivity contribution in [1.82, 2.24) is 20.1 Å². The van der Waals surface area contributed by atoms with Crippen molar-refractivity contribution < 1.29 is 4.79 Å². The lowest BCUT2D eigenvalue weighted by Crippen LogP contribution is -2.50. The molecule has 7 nitrogen and oxygen atoms in total. The first-order valence-corrected chi connectivity index (χ1v) is 9.90. The maximum absolute atomic E-state index is 12.7. The number of carbonyl (C=O) groups excluding carboxylic acids is 1. The summed E-state index contributed by atoms with van der Waals surface area (Å²) in [6, 6.07) is 9.23. The highest BCUT2D eigenvalue weighted by Crippen LogP contribution is 2.32. The van der Waals surface area contributed by atoms with Crippen LogP contribution in [0.1, 0.15) is 19.3 Å². The summed E-state index contributed by atoms with van der Waals surface area (Å²) < 4.78 is 1.86. The lowest BCUT2D eigenvalue weighted by atomic mass is 10.0. The number of halogens is 3. The van der Waals surface area contributed by atoms with E-state index in [0.29, 0.717) is 18.1 Å². The molecule has 3 N–H and O–H groups in total. The first-order chi connectivity index (χ1) is 13.7. The quantitative estimate of drug-likeness (QED) is 0.596. The molecule has 1 saturated heterocycles. The number of hydrogen-bond acceptors (Lipinski definition) is 5. The largest absolute Gasteiger partial charge is 0.353 e. The molecule has 0 saturated carbocycles. The molecule has 0 radical (unpaired) electrons. The molecular weight excluding hydrogens is 447 g/mol. The van der Waals surface area contributed by atoms with Crippen LogP contribution in [-0.4, -0.2) is 46.3 Å². The summed E-state index contributed by atoms with van der Waals surface area (Å²) in [5.74, 6) is 0.813. The Bertz CT molecular complexity index is 978. The van der Waals surface area contributed by atoms with Crippen LogP contribution in [0.5, 0.6) is 0 Å². The van der Waals surface area contributed by atoms with Crippen molar-refractivity contribution in [1.29, 1.82) is 0 Å². The Morgan fingerprint density at radius 3 is 2.70 bits per heavy atom. The van der Waals surface area contributed by atoms with Gasteiger partial charge in [-0.3, -0.25) is 9.78 Å². The summed E-state index contributed by atoms with van der Waals surface area (Å²) in [7, 11) is 0. The standard InChI is InChI=1S/C20H23ClN6O.2ClH/c21-14-4-6-15(7-5-14)27-18-13-23-10-8-16(18)19(25-27)26-12-2-1-3-17(26)20(28)24-11-9-22;;/h4-8,10,13,17H,1-3,9,11-12,22H2,(H,24,28);2*1H. The van der Waals surface area contributed by atoms with Crippen LogP contribution in [-0.2, 0) is 4.79 Å².